The maximum Gasteiger partial charge on any atom is 0.231 e. The quantitative estimate of drug-likeness (QED) is 0.817. The molecule has 0 spiro atoms. The number of ether oxygens (including phenoxy) is 2. The number of rotatable bonds is 2. The van der Waals surface area contributed by atoms with Crippen LogP contribution in [-0.2, 0) is 17.6 Å². The Morgan fingerprint density at radius 3 is 2.92 bits per heavy atom. The van der Waals surface area contributed by atoms with Gasteiger partial charge in [0.1, 0.15) is 19.0 Å². The molecule has 2 heterocycles. The lowest BCUT2D eigenvalue weighted by Gasteiger charge is -2.30. The molecule has 0 radical (unpaired) electrons. The molecule has 130 valence electrons. The van der Waals surface area contributed by atoms with Gasteiger partial charge in [0.25, 0.3) is 0 Å². The zero-order chi connectivity index (χ0) is 17.4. The molecule has 0 aromatic heterocycles. The van der Waals surface area contributed by atoms with Gasteiger partial charge in [-0.1, -0.05) is 17.7 Å². The second kappa shape index (κ2) is 6.56. The first-order valence-electron chi connectivity index (χ1n) is 8.28. The molecular formula is C19H17ClFNO3. The van der Waals surface area contributed by atoms with Crippen molar-refractivity contribution in [1.82, 2.24) is 0 Å². The van der Waals surface area contributed by atoms with Crippen LogP contribution >= 0.6 is 11.6 Å². The fraction of sp³-hybridized carbons (Fsp3) is 0.316. The topological polar surface area (TPSA) is 38.8 Å². The van der Waals surface area contributed by atoms with Crippen LogP contribution in [0.1, 0.15) is 17.5 Å². The smallest absolute Gasteiger partial charge is 0.231 e. The fourth-order valence-corrected chi connectivity index (χ4v) is 3.63. The van der Waals surface area contributed by atoms with E-state index in [1.807, 2.05) is 0 Å². The van der Waals surface area contributed by atoms with Gasteiger partial charge in [-0.3, -0.25) is 4.79 Å². The fourth-order valence-electron chi connectivity index (χ4n) is 3.34. The third-order valence-corrected chi connectivity index (χ3v) is 4.76. The van der Waals surface area contributed by atoms with Crippen LogP contribution in [0, 0.1) is 5.82 Å². The zero-order valence-corrected chi connectivity index (χ0v) is 14.3. The number of halogens is 2. The number of amides is 1. The van der Waals surface area contributed by atoms with Gasteiger partial charge in [0.15, 0.2) is 11.5 Å². The second-order valence-electron chi connectivity index (χ2n) is 6.20. The zero-order valence-electron chi connectivity index (χ0n) is 13.6. The van der Waals surface area contributed by atoms with Crippen LogP contribution in [0.5, 0.6) is 11.5 Å². The van der Waals surface area contributed by atoms with Crippen LogP contribution in [0.3, 0.4) is 0 Å². The Morgan fingerprint density at radius 2 is 2.04 bits per heavy atom. The van der Waals surface area contributed by atoms with Crippen molar-refractivity contribution in [1.29, 1.82) is 0 Å². The number of hydrogen-bond donors (Lipinski definition) is 0. The third kappa shape index (κ3) is 3.16. The highest BCUT2D eigenvalue weighted by atomic mass is 35.5. The Balaban J connectivity index is 1.59. The maximum absolute atomic E-state index is 13.6. The molecule has 4 rings (SSSR count). The van der Waals surface area contributed by atoms with Crippen molar-refractivity contribution < 1.29 is 18.7 Å². The Morgan fingerprint density at radius 1 is 1.20 bits per heavy atom. The third-order valence-electron chi connectivity index (χ3n) is 4.48. The lowest BCUT2D eigenvalue weighted by atomic mass is 10.0. The lowest BCUT2D eigenvalue weighted by molar-refractivity contribution is -0.118. The summed E-state index contributed by atoms with van der Waals surface area (Å²) in [5.74, 6) is 0.668. The van der Waals surface area contributed by atoms with Gasteiger partial charge in [0.05, 0.1) is 11.4 Å². The van der Waals surface area contributed by atoms with Gasteiger partial charge in [-0.05, 0) is 48.2 Å². The maximum atomic E-state index is 13.6. The van der Waals surface area contributed by atoms with Crippen molar-refractivity contribution >= 4 is 23.2 Å². The van der Waals surface area contributed by atoms with Gasteiger partial charge in [-0.25, -0.2) is 4.39 Å². The molecule has 25 heavy (non-hydrogen) atoms. The highest BCUT2D eigenvalue weighted by molar-refractivity contribution is 6.32. The summed E-state index contributed by atoms with van der Waals surface area (Å²) in [5.41, 5.74) is 2.42. The van der Waals surface area contributed by atoms with Crippen LogP contribution in [0.4, 0.5) is 10.1 Å². The predicted octanol–water partition coefficient (Wildman–Crippen LogP) is 3.77. The molecule has 0 fully saturated rings. The molecule has 6 heteroatoms. The highest BCUT2D eigenvalue weighted by Crippen LogP contribution is 2.38. The summed E-state index contributed by atoms with van der Waals surface area (Å²) in [7, 11) is 0. The van der Waals surface area contributed by atoms with E-state index >= 15 is 0 Å². The number of fused-ring (bicyclic) bond motifs is 2. The number of aryl methyl sites for hydroxylation is 1. The number of hydrogen-bond acceptors (Lipinski definition) is 3. The van der Waals surface area contributed by atoms with Crippen LogP contribution in [0.15, 0.2) is 30.3 Å². The van der Waals surface area contributed by atoms with E-state index in [0.717, 1.165) is 24.0 Å². The Hall–Kier alpha value is -2.27. The van der Waals surface area contributed by atoms with E-state index in [1.54, 1.807) is 23.1 Å². The summed E-state index contributed by atoms with van der Waals surface area (Å²) in [4.78, 5) is 14.5. The lowest BCUT2D eigenvalue weighted by Crippen LogP contribution is -2.36. The van der Waals surface area contributed by atoms with E-state index in [2.05, 4.69) is 0 Å². The minimum atomic E-state index is -0.333. The number of carbonyl (C=O) groups excluding carboxylic acids is 1. The monoisotopic (exact) mass is 361 g/mol. The van der Waals surface area contributed by atoms with Crippen LogP contribution in [0.2, 0.25) is 5.02 Å². The van der Waals surface area contributed by atoms with Crippen LogP contribution in [0.25, 0.3) is 0 Å². The minimum Gasteiger partial charge on any atom is -0.486 e. The second-order valence-corrected chi connectivity index (χ2v) is 6.61. The molecule has 2 aromatic rings. The van der Waals surface area contributed by atoms with Gasteiger partial charge < -0.3 is 14.4 Å². The number of nitrogens with zero attached hydrogens (tertiary/aromatic N) is 1. The Labute approximate surface area is 150 Å². The Kier molecular flexibility index (Phi) is 4.25. The van der Waals surface area contributed by atoms with Crippen molar-refractivity contribution in [2.75, 3.05) is 24.7 Å². The summed E-state index contributed by atoms with van der Waals surface area (Å²) in [6, 6.07) is 8.14. The van der Waals surface area contributed by atoms with Gasteiger partial charge in [0.2, 0.25) is 5.91 Å². The van der Waals surface area contributed by atoms with E-state index in [4.69, 9.17) is 21.1 Å². The van der Waals surface area contributed by atoms with Crippen molar-refractivity contribution in [3.8, 4) is 11.5 Å². The van der Waals surface area contributed by atoms with E-state index in [1.165, 1.54) is 12.1 Å². The SMILES string of the molecule is O=C(Cc1cc(Cl)c2c(c1)OCCO2)N1CCCc2ccc(F)cc21. The van der Waals surface area contributed by atoms with E-state index in [-0.39, 0.29) is 18.1 Å². The van der Waals surface area contributed by atoms with Crippen LogP contribution in [-0.4, -0.2) is 25.7 Å². The molecule has 0 atom stereocenters. The normalized spacial score (nSPS) is 15.7. The molecule has 1 amide bonds. The van der Waals surface area contributed by atoms with Crippen molar-refractivity contribution in [3.05, 3.63) is 52.3 Å². The average Bonchev–Trinajstić information content (AvgIpc) is 2.61. The van der Waals surface area contributed by atoms with E-state index in [9.17, 15) is 9.18 Å². The van der Waals surface area contributed by atoms with Gasteiger partial charge in [-0.15, -0.1) is 0 Å². The minimum absolute atomic E-state index is 0.0840. The number of benzene rings is 2. The Bertz CT molecular complexity index is 840. The summed E-state index contributed by atoms with van der Waals surface area (Å²) in [6.07, 6.45) is 1.90. The summed E-state index contributed by atoms with van der Waals surface area (Å²) < 4.78 is 24.7. The first-order valence-corrected chi connectivity index (χ1v) is 8.66. The molecule has 0 saturated heterocycles. The van der Waals surface area contributed by atoms with Crippen LogP contribution < -0.4 is 14.4 Å². The molecule has 0 N–H and O–H groups in total. The van der Waals surface area contributed by atoms with Crippen molar-refractivity contribution in [2.24, 2.45) is 0 Å². The van der Waals surface area contributed by atoms with Crippen molar-refractivity contribution in [2.45, 2.75) is 19.3 Å². The average molecular weight is 362 g/mol. The molecule has 2 aromatic carbocycles. The summed E-state index contributed by atoms with van der Waals surface area (Å²) in [6.45, 7) is 1.51. The number of carbonyl (C=O) groups is 1. The summed E-state index contributed by atoms with van der Waals surface area (Å²) in [5, 5.41) is 0.435. The molecular weight excluding hydrogens is 345 g/mol. The van der Waals surface area contributed by atoms with Gasteiger partial charge in [0, 0.05) is 12.2 Å². The molecule has 2 aliphatic rings. The molecule has 0 saturated carbocycles. The largest absolute Gasteiger partial charge is 0.486 e. The molecule has 0 aliphatic carbocycles. The predicted molar refractivity (Wildman–Crippen MR) is 93.2 cm³/mol. The molecule has 2 aliphatic heterocycles. The van der Waals surface area contributed by atoms with Gasteiger partial charge in [-0.2, -0.15) is 0 Å². The molecule has 4 nitrogen and oxygen atoms in total. The standard InChI is InChI=1S/C19H17ClFNO3/c20-15-8-12(9-17-19(15)25-7-6-24-17)10-18(23)22-5-1-2-13-3-4-14(21)11-16(13)22/h3-4,8-9,11H,1-2,5-7,10H2. The van der Waals surface area contributed by atoms with E-state index < -0.39 is 0 Å². The van der Waals surface area contributed by atoms with Gasteiger partial charge >= 0.3 is 0 Å². The highest BCUT2D eigenvalue weighted by Gasteiger charge is 2.24. The van der Waals surface area contributed by atoms with E-state index in [0.29, 0.717) is 42.0 Å². The summed E-state index contributed by atoms with van der Waals surface area (Å²) >= 11 is 6.24. The number of anilines is 1. The molecule has 0 bridgehead atoms. The first-order chi connectivity index (χ1) is 12.1. The first kappa shape index (κ1) is 16.2. The van der Waals surface area contributed by atoms with Crippen molar-refractivity contribution in [3.63, 3.8) is 0 Å². The molecule has 0 unspecified atom stereocenters.